The highest BCUT2D eigenvalue weighted by molar-refractivity contribution is 5.54. The van der Waals surface area contributed by atoms with Gasteiger partial charge in [0.2, 0.25) is 11.7 Å². The summed E-state index contributed by atoms with van der Waals surface area (Å²) in [5, 5.41) is 4.04. The molecule has 1 aliphatic carbocycles. The molecule has 0 aliphatic heterocycles. The minimum absolute atomic E-state index is 0.520. The lowest BCUT2D eigenvalue weighted by atomic mass is 10.0. The molecular formula is C14H16N2O. The minimum Gasteiger partial charge on any atom is -0.339 e. The SMILES string of the molecule is CC(C)c1ccc(-c2noc(C3CC3)n2)cc1. The molecule has 0 radical (unpaired) electrons. The van der Waals surface area contributed by atoms with Crippen LogP contribution in [0.4, 0.5) is 0 Å². The monoisotopic (exact) mass is 228 g/mol. The zero-order valence-electron chi connectivity index (χ0n) is 10.2. The average Bonchev–Trinajstić information content (AvgIpc) is 3.07. The first-order valence-electron chi connectivity index (χ1n) is 6.18. The number of rotatable bonds is 3. The van der Waals surface area contributed by atoms with Gasteiger partial charge in [0.25, 0.3) is 0 Å². The highest BCUT2D eigenvalue weighted by Crippen LogP contribution is 2.39. The molecule has 1 fully saturated rings. The van der Waals surface area contributed by atoms with Crippen molar-refractivity contribution in [1.82, 2.24) is 10.1 Å². The van der Waals surface area contributed by atoms with Gasteiger partial charge in [-0.05, 0) is 24.3 Å². The van der Waals surface area contributed by atoms with E-state index >= 15 is 0 Å². The predicted molar refractivity (Wildman–Crippen MR) is 65.8 cm³/mol. The zero-order valence-corrected chi connectivity index (χ0v) is 10.2. The Labute approximate surface area is 101 Å². The zero-order chi connectivity index (χ0) is 11.8. The molecule has 3 nitrogen and oxygen atoms in total. The van der Waals surface area contributed by atoms with Crippen molar-refractivity contribution >= 4 is 0 Å². The molecule has 0 amide bonds. The maximum Gasteiger partial charge on any atom is 0.230 e. The average molecular weight is 228 g/mol. The molecule has 3 heteroatoms. The summed E-state index contributed by atoms with van der Waals surface area (Å²) >= 11 is 0. The second kappa shape index (κ2) is 3.99. The van der Waals surface area contributed by atoms with Crippen LogP contribution in [0, 0.1) is 0 Å². The first kappa shape index (κ1) is 10.5. The Bertz CT molecular complexity index is 509. The molecule has 2 aromatic rings. The molecular weight excluding hydrogens is 212 g/mol. The van der Waals surface area contributed by atoms with Crippen LogP contribution in [-0.2, 0) is 0 Å². The van der Waals surface area contributed by atoms with E-state index in [-0.39, 0.29) is 0 Å². The molecule has 88 valence electrons. The molecule has 0 spiro atoms. The van der Waals surface area contributed by atoms with Gasteiger partial charge in [0.15, 0.2) is 0 Å². The molecule has 1 heterocycles. The van der Waals surface area contributed by atoms with Crippen molar-refractivity contribution in [3.63, 3.8) is 0 Å². The van der Waals surface area contributed by atoms with Crippen LogP contribution in [0.2, 0.25) is 0 Å². The predicted octanol–water partition coefficient (Wildman–Crippen LogP) is 3.74. The van der Waals surface area contributed by atoms with Gasteiger partial charge in [-0.3, -0.25) is 0 Å². The van der Waals surface area contributed by atoms with E-state index in [1.165, 1.54) is 18.4 Å². The van der Waals surface area contributed by atoms with Gasteiger partial charge in [-0.1, -0.05) is 43.3 Å². The summed E-state index contributed by atoms with van der Waals surface area (Å²) in [6.07, 6.45) is 2.38. The number of hydrogen-bond acceptors (Lipinski definition) is 3. The molecule has 0 unspecified atom stereocenters. The van der Waals surface area contributed by atoms with Gasteiger partial charge < -0.3 is 4.52 Å². The molecule has 1 saturated carbocycles. The van der Waals surface area contributed by atoms with Crippen molar-refractivity contribution in [1.29, 1.82) is 0 Å². The second-order valence-electron chi connectivity index (χ2n) is 5.01. The van der Waals surface area contributed by atoms with Crippen LogP contribution in [-0.4, -0.2) is 10.1 Å². The third-order valence-electron chi connectivity index (χ3n) is 3.20. The number of hydrogen-bond donors (Lipinski definition) is 0. The molecule has 1 aromatic carbocycles. The lowest BCUT2D eigenvalue weighted by Crippen LogP contribution is -1.87. The molecule has 0 atom stereocenters. The van der Waals surface area contributed by atoms with E-state index in [2.05, 4.69) is 48.3 Å². The molecule has 0 bridgehead atoms. The number of benzene rings is 1. The molecule has 0 N–H and O–H groups in total. The first-order valence-corrected chi connectivity index (χ1v) is 6.18. The quantitative estimate of drug-likeness (QED) is 0.803. The largest absolute Gasteiger partial charge is 0.339 e. The Balaban J connectivity index is 1.86. The summed E-state index contributed by atoms with van der Waals surface area (Å²) in [7, 11) is 0. The lowest BCUT2D eigenvalue weighted by molar-refractivity contribution is 0.380. The molecule has 17 heavy (non-hydrogen) atoms. The van der Waals surface area contributed by atoms with Crippen molar-refractivity contribution in [2.75, 3.05) is 0 Å². The first-order chi connectivity index (χ1) is 8.24. The smallest absolute Gasteiger partial charge is 0.230 e. The van der Waals surface area contributed by atoms with Crippen molar-refractivity contribution in [3.8, 4) is 11.4 Å². The number of aromatic nitrogens is 2. The number of nitrogens with zero attached hydrogens (tertiary/aromatic N) is 2. The Kier molecular flexibility index (Phi) is 2.46. The summed E-state index contributed by atoms with van der Waals surface area (Å²) in [5.41, 5.74) is 2.37. The third kappa shape index (κ3) is 2.09. The van der Waals surface area contributed by atoms with E-state index in [9.17, 15) is 0 Å². The van der Waals surface area contributed by atoms with Crippen LogP contribution in [0.25, 0.3) is 11.4 Å². The Hall–Kier alpha value is -1.64. The minimum atomic E-state index is 0.520. The standard InChI is InChI=1S/C14H16N2O/c1-9(2)10-3-5-11(6-4-10)13-15-14(17-16-13)12-7-8-12/h3-6,9,12H,7-8H2,1-2H3. The molecule has 0 saturated heterocycles. The van der Waals surface area contributed by atoms with Crippen LogP contribution in [0.15, 0.2) is 28.8 Å². The van der Waals surface area contributed by atoms with E-state index in [1.807, 2.05) is 0 Å². The Morgan fingerprint density at radius 2 is 1.88 bits per heavy atom. The van der Waals surface area contributed by atoms with Gasteiger partial charge in [-0.15, -0.1) is 0 Å². The van der Waals surface area contributed by atoms with E-state index in [0.717, 1.165) is 11.5 Å². The van der Waals surface area contributed by atoms with Crippen LogP contribution in [0.3, 0.4) is 0 Å². The van der Waals surface area contributed by atoms with E-state index in [0.29, 0.717) is 17.7 Å². The highest BCUT2D eigenvalue weighted by Gasteiger charge is 2.29. The van der Waals surface area contributed by atoms with Crippen molar-refractivity contribution in [2.45, 2.75) is 38.5 Å². The summed E-state index contributed by atoms with van der Waals surface area (Å²) in [4.78, 5) is 4.44. The van der Waals surface area contributed by atoms with Gasteiger partial charge in [-0.2, -0.15) is 4.98 Å². The summed E-state index contributed by atoms with van der Waals surface area (Å²) in [6.45, 7) is 4.38. The van der Waals surface area contributed by atoms with Gasteiger partial charge >= 0.3 is 0 Å². The second-order valence-corrected chi connectivity index (χ2v) is 5.01. The van der Waals surface area contributed by atoms with Gasteiger partial charge in [-0.25, -0.2) is 0 Å². The Morgan fingerprint density at radius 3 is 2.47 bits per heavy atom. The fraction of sp³-hybridized carbons (Fsp3) is 0.429. The normalized spacial score (nSPS) is 15.5. The molecule has 3 rings (SSSR count). The Morgan fingerprint density at radius 1 is 1.18 bits per heavy atom. The van der Waals surface area contributed by atoms with Gasteiger partial charge in [0.1, 0.15) is 0 Å². The van der Waals surface area contributed by atoms with Crippen LogP contribution in [0.1, 0.15) is 50.0 Å². The topological polar surface area (TPSA) is 38.9 Å². The fourth-order valence-electron chi connectivity index (χ4n) is 1.87. The maximum atomic E-state index is 5.26. The van der Waals surface area contributed by atoms with Crippen LogP contribution >= 0.6 is 0 Å². The van der Waals surface area contributed by atoms with Crippen molar-refractivity contribution in [3.05, 3.63) is 35.7 Å². The lowest BCUT2D eigenvalue weighted by Gasteiger charge is -2.04. The molecule has 1 aromatic heterocycles. The molecule has 1 aliphatic rings. The summed E-state index contributed by atoms with van der Waals surface area (Å²) < 4.78 is 5.26. The van der Waals surface area contributed by atoms with Crippen molar-refractivity contribution < 1.29 is 4.52 Å². The van der Waals surface area contributed by atoms with Gasteiger partial charge in [0, 0.05) is 11.5 Å². The van der Waals surface area contributed by atoms with Crippen LogP contribution < -0.4 is 0 Å². The third-order valence-corrected chi connectivity index (χ3v) is 3.20. The van der Waals surface area contributed by atoms with Crippen LogP contribution in [0.5, 0.6) is 0 Å². The summed E-state index contributed by atoms with van der Waals surface area (Å²) in [6, 6.07) is 8.40. The van der Waals surface area contributed by atoms with E-state index in [1.54, 1.807) is 0 Å². The summed E-state index contributed by atoms with van der Waals surface area (Å²) in [5.74, 6) is 2.58. The van der Waals surface area contributed by atoms with E-state index in [4.69, 9.17) is 4.52 Å². The highest BCUT2D eigenvalue weighted by atomic mass is 16.5. The van der Waals surface area contributed by atoms with E-state index < -0.39 is 0 Å². The van der Waals surface area contributed by atoms with Crippen molar-refractivity contribution in [2.24, 2.45) is 0 Å². The fourth-order valence-corrected chi connectivity index (χ4v) is 1.87. The maximum absolute atomic E-state index is 5.26. The van der Waals surface area contributed by atoms with Gasteiger partial charge in [0.05, 0.1) is 0 Å².